The number of benzene rings is 3. The van der Waals surface area contributed by atoms with E-state index in [-0.39, 0.29) is 12.5 Å². The first kappa shape index (κ1) is 19.9. The number of nitrogens with one attached hydrogen (secondary N) is 1. The van der Waals surface area contributed by atoms with Gasteiger partial charge in [-0.3, -0.25) is 4.79 Å². The molecule has 0 bridgehead atoms. The highest BCUT2D eigenvalue weighted by atomic mass is 35.5. The summed E-state index contributed by atoms with van der Waals surface area (Å²) >= 11 is 5.90. The third-order valence-corrected chi connectivity index (χ3v) is 4.90. The van der Waals surface area contributed by atoms with E-state index in [1.165, 1.54) is 0 Å². The molecule has 3 aromatic carbocycles. The van der Waals surface area contributed by atoms with Crippen LogP contribution in [0.4, 0.5) is 0 Å². The van der Waals surface area contributed by atoms with E-state index in [1.807, 2.05) is 49.4 Å². The summed E-state index contributed by atoms with van der Waals surface area (Å²) in [6.45, 7) is 2.02. The van der Waals surface area contributed by atoms with Gasteiger partial charge in [0.05, 0.1) is 6.54 Å². The maximum Gasteiger partial charge on any atom is 0.261 e. The number of hydrogen-bond donors (Lipinski definition) is 1. The number of fused-ring (bicyclic) bond motifs is 1. The monoisotopic (exact) mass is 421 g/mol. The Hall–Kier alpha value is -3.38. The third-order valence-electron chi connectivity index (χ3n) is 4.65. The van der Waals surface area contributed by atoms with E-state index in [9.17, 15) is 4.79 Å². The number of nitrogens with zero attached hydrogens (tertiary/aromatic N) is 2. The lowest BCUT2D eigenvalue weighted by Gasteiger charge is -2.17. The van der Waals surface area contributed by atoms with Crippen LogP contribution in [0.1, 0.15) is 19.2 Å². The van der Waals surface area contributed by atoms with Gasteiger partial charge in [0.25, 0.3) is 5.91 Å². The summed E-state index contributed by atoms with van der Waals surface area (Å²) in [5.74, 6) is 1.17. The molecule has 0 spiro atoms. The molecule has 0 aliphatic heterocycles. The largest absolute Gasteiger partial charge is 0.481 e. The van der Waals surface area contributed by atoms with E-state index in [0.717, 1.165) is 16.3 Å². The Morgan fingerprint density at radius 3 is 2.63 bits per heavy atom. The zero-order valence-electron chi connectivity index (χ0n) is 16.3. The average molecular weight is 422 g/mol. The van der Waals surface area contributed by atoms with Crippen LogP contribution in [0.25, 0.3) is 22.2 Å². The maximum atomic E-state index is 12.6. The lowest BCUT2D eigenvalue weighted by Crippen LogP contribution is -2.37. The predicted octanol–water partition coefficient (Wildman–Crippen LogP) is 5.02. The number of ether oxygens (including phenoxy) is 1. The lowest BCUT2D eigenvalue weighted by atomic mass is 10.1. The second kappa shape index (κ2) is 8.97. The minimum Gasteiger partial charge on any atom is -0.481 e. The van der Waals surface area contributed by atoms with Crippen molar-refractivity contribution in [1.82, 2.24) is 15.5 Å². The van der Waals surface area contributed by atoms with Crippen molar-refractivity contribution < 1.29 is 14.1 Å². The summed E-state index contributed by atoms with van der Waals surface area (Å²) in [4.78, 5) is 16.9. The molecule has 0 saturated heterocycles. The Morgan fingerprint density at radius 2 is 1.87 bits per heavy atom. The molecule has 0 aliphatic rings. The van der Waals surface area contributed by atoms with Crippen molar-refractivity contribution in [3.8, 4) is 17.1 Å². The zero-order chi connectivity index (χ0) is 20.9. The molecule has 1 aromatic heterocycles. The van der Waals surface area contributed by atoms with Gasteiger partial charge in [-0.2, -0.15) is 4.98 Å². The molecular weight excluding hydrogens is 402 g/mol. The van der Waals surface area contributed by atoms with E-state index in [4.69, 9.17) is 20.9 Å². The van der Waals surface area contributed by atoms with Crippen LogP contribution in [0.15, 0.2) is 71.3 Å². The van der Waals surface area contributed by atoms with Crippen molar-refractivity contribution in [2.24, 2.45) is 0 Å². The highest BCUT2D eigenvalue weighted by molar-refractivity contribution is 6.30. The second-order valence-electron chi connectivity index (χ2n) is 6.76. The molecule has 0 aliphatic carbocycles. The molecular formula is C23H20ClN3O3. The molecule has 7 heteroatoms. The molecule has 4 rings (SSSR count). The first-order chi connectivity index (χ1) is 14.6. The summed E-state index contributed by atoms with van der Waals surface area (Å²) in [6.07, 6.45) is -0.0942. The number of aromatic nitrogens is 2. The Bertz CT molecular complexity index is 1160. The van der Waals surface area contributed by atoms with Gasteiger partial charge in [0.15, 0.2) is 6.10 Å². The maximum absolute atomic E-state index is 12.6. The van der Waals surface area contributed by atoms with Crippen molar-refractivity contribution in [2.75, 3.05) is 0 Å². The molecule has 1 N–H and O–H groups in total. The van der Waals surface area contributed by atoms with Crippen LogP contribution in [0.5, 0.6) is 5.75 Å². The van der Waals surface area contributed by atoms with Gasteiger partial charge >= 0.3 is 0 Å². The van der Waals surface area contributed by atoms with Crippen molar-refractivity contribution in [3.05, 3.63) is 77.6 Å². The van der Waals surface area contributed by atoms with Gasteiger partial charge in [0, 0.05) is 10.6 Å². The van der Waals surface area contributed by atoms with E-state index in [1.54, 1.807) is 24.3 Å². The molecule has 0 saturated carbocycles. The number of rotatable bonds is 7. The van der Waals surface area contributed by atoms with E-state index >= 15 is 0 Å². The zero-order valence-corrected chi connectivity index (χ0v) is 17.1. The van der Waals surface area contributed by atoms with Crippen LogP contribution in [-0.2, 0) is 11.3 Å². The summed E-state index contributed by atoms with van der Waals surface area (Å²) < 4.78 is 11.1. The fraction of sp³-hybridized carbons (Fsp3) is 0.174. The summed E-state index contributed by atoms with van der Waals surface area (Å²) in [7, 11) is 0. The third kappa shape index (κ3) is 4.60. The minimum atomic E-state index is -0.621. The van der Waals surface area contributed by atoms with Gasteiger partial charge in [0.2, 0.25) is 11.7 Å². The highest BCUT2D eigenvalue weighted by Crippen LogP contribution is 2.22. The molecule has 152 valence electrons. The van der Waals surface area contributed by atoms with Gasteiger partial charge in [-0.05, 0) is 53.6 Å². The normalized spacial score (nSPS) is 11.9. The molecule has 0 fully saturated rings. The van der Waals surface area contributed by atoms with Crippen LogP contribution in [0.2, 0.25) is 5.02 Å². The van der Waals surface area contributed by atoms with Crippen molar-refractivity contribution >= 4 is 28.3 Å². The van der Waals surface area contributed by atoms with Gasteiger partial charge in [-0.15, -0.1) is 0 Å². The first-order valence-electron chi connectivity index (χ1n) is 9.64. The lowest BCUT2D eigenvalue weighted by molar-refractivity contribution is -0.128. The number of amides is 1. The molecule has 6 nitrogen and oxygen atoms in total. The average Bonchev–Trinajstić information content (AvgIpc) is 3.25. The van der Waals surface area contributed by atoms with Crippen LogP contribution in [0, 0.1) is 0 Å². The molecule has 0 unspecified atom stereocenters. The van der Waals surface area contributed by atoms with Crippen LogP contribution >= 0.6 is 11.6 Å². The van der Waals surface area contributed by atoms with Gasteiger partial charge in [0.1, 0.15) is 5.75 Å². The number of halogens is 1. The molecule has 0 radical (unpaired) electrons. The smallest absolute Gasteiger partial charge is 0.261 e. The Kier molecular flexibility index (Phi) is 5.95. The standard InChI is InChI=1S/C23H20ClN3O3/c1-2-20(29-19-12-9-15-5-3-4-6-17(15)13-19)23(28)25-14-21-26-22(27-30-21)16-7-10-18(24)11-8-16/h3-13,20H,2,14H2,1H3,(H,25,28)/t20-/m1/s1. The van der Waals surface area contributed by atoms with Gasteiger partial charge in [-0.25, -0.2) is 0 Å². The first-order valence-corrected chi connectivity index (χ1v) is 10.0. The van der Waals surface area contributed by atoms with Crippen molar-refractivity contribution in [2.45, 2.75) is 26.0 Å². The van der Waals surface area contributed by atoms with Crippen LogP contribution < -0.4 is 10.1 Å². The fourth-order valence-electron chi connectivity index (χ4n) is 3.05. The summed E-state index contributed by atoms with van der Waals surface area (Å²) in [5, 5.41) is 9.56. The Morgan fingerprint density at radius 1 is 1.10 bits per heavy atom. The quantitative estimate of drug-likeness (QED) is 0.453. The second-order valence-corrected chi connectivity index (χ2v) is 7.20. The summed E-state index contributed by atoms with van der Waals surface area (Å²) in [5.41, 5.74) is 0.784. The Labute approximate surface area is 178 Å². The Balaban J connectivity index is 1.37. The number of carbonyl (C=O) groups is 1. The minimum absolute atomic E-state index is 0.122. The van der Waals surface area contributed by atoms with Crippen LogP contribution in [-0.4, -0.2) is 22.2 Å². The van der Waals surface area contributed by atoms with Crippen LogP contribution in [0.3, 0.4) is 0 Å². The SMILES string of the molecule is CC[C@@H](Oc1ccc2ccccc2c1)C(=O)NCc1nc(-c2ccc(Cl)cc2)no1. The van der Waals surface area contributed by atoms with E-state index < -0.39 is 6.10 Å². The summed E-state index contributed by atoms with van der Waals surface area (Å²) in [6, 6.07) is 20.9. The van der Waals surface area contributed by atoms with Gasteiger partial charge < -0.3 is 14.6 Å². The highest BCUT2D eigenvalue weighted by Gasteiger charge is 2.19. The number of carbonyl (C=O) groups excluding carboxylic acids is 1. The van der Waals surface area contributed by atoms with E-state index in [0.29, 0.717) is 28.9 Å². The van der Waals surface area contributed by atoms with Gasteiger partial charge in [-0.1, -0.05) is 54.0 Å². The molecule has 1 heterocycles. The topological polar surface area (TPSA) is 77.2 Å². The molecule has 1 amide bonds. The molecule has 1 atom stereocenters. The molecule has 4 aromatic rings. The number of hydrogen-bond acceptors (Lipinski definition) is 5. The van der Waals surface area contributed by atoms with Crippen molar-refractivity contribution in [1.29, 1.82) is 0 Å². The predicted molar refractivity (Wildman–Crippen MR) is 115 cm³/mol. The van der Waals surface area contributed by atoms with Crippen molar-refractivity contribution in [3.63, 3.8) is 0 Å². The molecule has 30 heavy (non-hydrogen) atoms. The van der Waals surface area contributed by atoms with E-state index in [2.05, 4.69) is 15.5 Å². The fourth-order valence-corrected chi connectivity index (χ4v) is 3.17.